The molecular formula is C15H19N5O2. The van der Waals surface area contributed by atoms with Crippen LogP contribution in [0, 0.1) is 13.8 Å². The minimum atomic E-state index is -0.0519. The fourth-order valence-electron chi connectivity index (χ4n) is 3.00. The zero-order valence-corrected chi connectivity index (χ0v) is 12.7. The van der Waals surface area contributed by atoms with Gasteiger partial charge in [0.25, 0.3) is 0 Å². The van der Waals surface area contributed by atoms with Crippen LogP contribution in [0.3, 0.4) is 0 Å². The van der Waals surface area contributed by atoms with Crippen molar-refractivity contribution in [2.75, 3.05) is 13.1 Å². The highest BCUT2D eigenvalue weighted by Gasteiger charge is 2.30. The molecule has 2 N–H and O–H groups in total. The third-order valence-electron chi connectivity index (χ3n) is 4.03. The summed E-state index contributed by atoms with van der Waals surface area (Å²) in [6.07, 6.45) is 5.24. The number of aromatic nitrogens is 3. The molecule has 1 atom stereocenters. The second-order valence-electron chi connectivity index (χ2n) is 5.48. The number of amides is 1. The summed E-state index contributed by atoms with van der Waals surface area (Å²) in [5, 5.41) is 3.95. The summed E-state index contributed by atoms with van der Waals surface area (Å²) >= 11 is 0. The van der Waals surface area contributed by atoms with Gasteiger partial charge in [0.15, 0.2) is 0 Å². The Bertz CT molecular complexity index is 677. The van der Waals surface area contributed by atoms with Crippen molar-refractivity contribution in [1.29, 1.82) is 0 Å². The van der Waals surface area contributed by atoms with Crippen molar-refractivity contribution in [2.45, 2.75) is 32.7 Å². The van der Waals surface area contributed by atoms with Crippen molar-refractivity contribution < 1.29 is 9.32 Å². The van der Waals surface area contributed by atoms with Crippen LogP contribution < -0.4 is 5.73 Å². The first-order chi connectivity index (χ1) is 10.6. The smallest absolute Gasteiger partial charge is 0.236 e. The molecule has 3 rings (SSSR count). The molecular weight excluding hydrogens is 282 g/mol. The van der Waals surface area contributed by atoms with Crippen LogP contribution in [0.5, 0.6) is 0 Å². The number of hydrogen-bond donors (Lipinski definition) is 1. The van der Waals surface area contributed by atoms with E-state index in [0.29, 0.717) is 5.76 Å². The lowest BCUT2D eigenvalue weighted by Gasteiger charge is -2.23. The normalized spacial score (nSPS) is 18.0. The molecule has 22 heavy (non-hydrogen) atoms. The van der Waals surface area contributed by atoms with E-state index in [1.165, 1.54) is 0 Å². The molecule has 2 aromatic heterocycles. The van der Waals surface area contributed by atoms with Crippen molar-refractivity contribution in [1.82, 2.24) is 20.0 Å². The van der Waals surface area contributed by atoms with Gasteiger partial charge in [-0.25, -0.2) is 4.98 Å². The van der Waals surface area contributed by atoms with E-state index in [-0.39, 0.29) is 18.5 Å². The number of aryl methyl sites for hydroxylation is 2. The number of likely N-dealkylation sites (tertiary alicyclic amines) is 1. The highest BCUT2D eigenvalue weighted by Crippen LogP contribution is 2.32. The van der Waals surface area contributed by atoms with Gasteiger partial charge in [-0.2, -0.15) is 0 Å². The van der Waals surface area contributed by atoms with Crippen LogP contribution in [0.1, 0.15) is 36.0 Å². The molecule has 3 heterocycles. The number of carbonyl (C=O) groups excluding carboxylic acids is 1. The minimum Gasteiger partial charge on any atom is -0.361 e. The lowest BCUT2D eigenvalue weighted by Crippen LogP contribution is -2.35. The van der Waals surface area contributed by atoms with Crippen LogP contribution in [-0.4, -0.2) is 39.0 Å². The average Bonchev–Trinajstić information content (AvgIpc) is 3.14. The van der Waals surface area contributed by atoms with Gasteiger partial charge >= 0.3 is 0 Å². The number of hydrogen-bond acceptors (Lipinski definition) is 6. The van der Waals surface area contributed by atoms with E-state index in [1.54, 1.807) is 17.3 Å². The molecule has 1 unspecified atom stereocenters. The summed E-state index contributed by atoms with van der Waals surface area (Å²) in [5.41, 5.74) is 8.65. The molecule has 116 valence electrons. The Morgan fingerprint density at radius 3 is 2.95 bits per heavy atom. The number of nitrogens with two attached hydrogens (primary N) is 1. The van der Waals surface area contributed by atoms with Gasteiger partial charge in [0, 0.05) is 6.54 Å². The van der Waals surface area contributed by atoms with Crippen molar-refractivity contribution in [2.24, 2.45) is 5.73 Å². The molecule has 0 aliphatic carbocycles. The van der Waals surface area contributed by atoms with Gasteiger partial charge in [-0.3, -0.25) is 9.78 Å². The van der Waals surface area contributed by atoms with Gasteiger partial charge in [0.2, 0.25) is 5.91 Å². The molecule has 0 aromatic carbocycles. The van der Waals surface area contributed by atoms with Crippen LogP contribution in [0.15, 0.2) is 16.9 Å². The third-order valence-corrected chi connectivity index (χ3v) is 4.03. The quantitative estimate of drug-likeness (QED) is 0.919. The van der Waals surface area contributed by atoms with E-state index in [0.717, 1.165) is 42.0 Å². The second kappa shape index (κ2) is 5.84. The maximum Gasteiger partial charge on any atom is 0.236 e. The van der Waals surface area contributed by atoms with Crippen LogP contribution in [0.4, 0.5) is 0 Å². The number of carbonyl (C=O) groups is 1. The van der Waals surface area contributed by atoms with Crippen LogP contribution >= 0.6 is 0 Å². The highest BCUT2D eigenvalue weighted by molar-refractivity contribution is 5.78. The molecule has 0 saturated carbocycles. The maximum atomic E-state index is 11.9. The lowest BCUT2D eigenvalue weighted by atomic mass is 10.1. The molecule has 1 amide bonds. The minimum absolute atomic E-state index is 0.0213. The van der Waals surface area contributed by atoms with Crippen LogP contribution in [0.2, 0.25) is 0 Å². The van der Waals surface area contributed by atoms with Gasteiger partial charge in [0.1, 0.15) is 5.76 Å². The van der Waals surface area contributed by atoms with E-state index < -0.39 is 0 Å². The molecule has 0 bridgehead atoms. The fourth-order valence-corrected chi connectivity index (χ4v) is 3.00. The molecule has 1 aliphatic rings. The zero-order chi connectivity index (χ0) is 15.7. The first kappa shape index (κ1) is 14.6. The largest absolute Gasteiger partial charge is 0.361 e. The topological polar surface area (TPSA) is 98.1 Å². The van der Waals surface area contributed by atoms with Gasteiger partial charge < -0.3 is 15.2 Å². The molecule has 1 fully saturated rings. The van der Waals surface area contributed by atoms with Gasteiger partial charge in [0.05, 0.1) is 47.6 Å². The predicted molar refractivity (Wildman–Crippen MR) is 79.7 cm³/mol. The first-order valence-corrected chi connectivity index (χ1v) is 7.36. The van der Waals surface area contributed by atoms with E-state index in [2.05, 4.69) is 15.1 Å². The summed E-state index contributed by atoms with van der Waals surface area (Å²) in [5.74, 6) is 0.664. The fraction of sp³-hybridized carbons (Fsp3) is 0.467. The summed E-state index contributed by atoms with van der Waals surface area (Å²) in [4.78, 5) is 22.7. The Hall–Kier alpha value is -2.28. The van der Waals surface area contributed by atoms with E-state index in [9.17, 15) is 4.79 Å². The Kier molecular flexibility index (Phi) is 3.89. The summed E-state index contributed by atoms with van der Waals surface area (Å²) in [6, 6.07) is -0.0519. The molecule has 1 saturated heterocycles. The highest BCUT2D eigenvalue weighted by atomic mass is 16.5. The molecule has 0 spiro atoms. The third kappa shape index (κ3) is 2.48. The van der Waals surface area contributed by atoms with Crippen LogP contribution in [-0.2, 0) is 4.79 Å². The van der Waals surface area contributed by atoms with E-state index in [4.69, 9.17) is 10.3 Å². The molecule has 7 heteroatoms. The zero-order valence-electron chi connectivity index (χ0n) is 12.7. The SMILES string of the molecule is Cc1noc(C)c1-c1cncc(C2CCCN2C(=O)CN)n1. The lowest BCUT2D eigenvalue weighted by molar-refractivity contribution is -0.130. The Balaban J connectivity index is 1.96. The summed E-state index contributed by atoms with van der Waals surface area (Å²) in [7, 11) is 0. The maximum absolute atomic E-state index is 11.9. The molecule has 1 aliphatic heterocycles. The summed E-state index contributed by atoms with van der Waals surface area (Å²) < 4.78 is 5.19. The monoisotopic (exact) mass is 301 g/mol. The van der Waals surface area contributed by atoms with Crippen molar-refractivity contribution in [3.8, 4) is 11.3 Å². The number of nitrogens with zero attached hydrogens (tertiary/aromatic N) is 4. The van der Waals surface area contributed by atoms with Crippen molar-refractivity contribution >= 4 is 5.91 Å². The molecule has 0 radical (unpaired) electrons. The predicted octanol–water partition coefficient (Wildman–Crippen LogP) is 1.37. The number of rotatable bonds is 3. The Morgan fingerprint density at radius 1 is 1.45 bits per heavy atom. The van der Waals surface area contributed by atoms with E-state index >= 15 is 0 Å². The Morgan fingerprint density at radius 2 is 2.27 bits per heavy atom. The van der Waals surface area contributed by atoms with Crippen molar-refractivity contribution in [3.63, 3.8) is 0 Å². The first-order valence-electron chi connectivity index (χ1n) is 7.36. The second-order valence-corrected chi connectivity index (χ2v) is 5.48. The van der Waals surface area contributed by atoms with Crippen molar-refractivity contribution in [3.05, 3.63) is 29.5 Å². The van der Waals surface area contributed by atoms with E-state index in [1.807, 2.05) is 13.8 Å². The van der Waals surface area contributed by atoms with Gasteiger partial charge in [-0.05, 0) is 26.7 Å². The van der Waals surface area contributed by atoms with Gasteiger partial charge in [-0.15, -0.1) is 0 Å². The standard InChI is InChI=1S/C15H19N5O2/c1-9-15(10(2)22-19-9)12-8-17-7-11(18-12)13-4-3-5-20(13)14(21)6-16/h7-8,13H,3-6,16H2,1-2H3. The molecule has 7 nitrogen and oxygen atoms in total. The van der Waals surface area contributed by atoms with Gasteiger partial charge in [-0.1, -0.05) is 5.16 Å². The Labute approximate surface area is 128 Å². The average molecular weight is 301 g/mol. The molecule has 2 aromatic rings. The summed E-state index contributed by atoms with van der Waals surface area (Å²) in [6.45, 7) is 4.47. The van der Waals surface area contributed by atoms with Crippen LogP contribution in [0.25, 0.3) is 11.3 Å².